The molecule has 0 aromatic carbocycles. The Morgan fingerprint density at radius 3 is 3.00 bits per heavy atom. The van der Waals surface area contributed by atoms with Crippen molar-refractivity contribution in [1.29, 1.82) is 5.26 Å². The Hall–Kier alpha value is -2.54. The number of hydrogen-bond donors (Lipinski definition) is 1. The Bertz CT molecular complexity index is 620. The van der Waals surface area contributed by atoms with Gasteiger partial charge in [0.1, 0.15) is 17.6 Å². The fourth-order valence-electron chi connectivity index (χ4n) is 1.06. The summed E-state index contributed by atoms with van der Waals surface area (Å²) >= 11 is 0.981. The average Bonchev–Trinajstić information content (AvgIpc) is 2.76. The van der Waals surface area contributed by atoms with Crippen LogP contribution in [0, 0.1) is 11.3 Å². The molecule has 2 aromatic rings. The van der Waals surface area contributed by atoms with E-state index in [1.54, 1.807) is 0 Å². The summed E-state index contributed by atoms with van der Waals surface area (Å²) in [7, 11) is 0. The van der Waals surface area contributed by atoms with Gasteiger partial charge in [-0.15, -0.1) is 5.10 Å². The van der Waals surface area contributed by atoms with E-state index in [0.717, 1.165) is 16.4 Å². The zero-order chi connectivity index (χ0) is 13.0. The van der Waals surface area contributed by atoms with Gasteiger partial charge in [0.15, 0.2) is 5.69 Å². The van der Waals surface area contributed by atoms with E-state index in [4.69, 9.17) is 10.4 Å². The Balaban J connectivity index is 2.27. The van der Waals surface area contributed by atoms with E-state index in [9.17, 15) is 4.79 Å². The maximum Gasteiger partial charge on any atom is 0.325 e. The number of carbonyl (C=O) groups is 1. The van der Waals surface area contributed by atoms with Crippen molar-refractivity contribution in [2.75, 3.05) is 0 Å². The van der Waals surface area contributed by atoms with Crippen LogP contribution >= 0.6 is 11.8 Å². The van der Waals surface area contributed by atoms with Crippen molar-refractivity contribution in [3.05, 3.63) is 18.1 Å². The summed E-state index contributed by atoms with van der Waals surface area (Å²) in [5.41, 5.74) is 0.132. The Morgan fingerprint density at radius 1 is 1.50 bits per heavy atom. The van der Waals surface area contributed by atoms with Gasteiger partial charge in [-0.2, -0.15) is 5.26 Å². The number of rotatable bonds is 4. The van der Waals surface area contributed by atoms with Gasteiger partial charge in [0, 0.05) is 12.4 Å². The molecule has 0 amide bonds. The van der Waals surface area contributed by atoms with Gasteiger partial charge in [0.05, 0.1) is 0 Å². The van der Waals surface area contributed by atoms with Crippen LogP contribution in [0.15, 0.2) is 22.6 Å². The minimum atomic E-state index is -1.07. The fourth-order valence-corrected chi connectivity index (χ4v) is 1.83. The summed E-state index contributed by atoms with van der Waals surface area (Å²) in [4.78, 5) is 18.4. The summed E-state index contributed by atoms with van der Waals surface area (Å²) in [6.45, 7) is -0.364. The lowest BCUT2D eigenvalue weighted by molar-refractivity contribution is -0.138. The topological polar surface area (TPSA) is 130 Å². The smallest absolute Gasteiger partial charge is 0.325 e. The molecule has 2 heterocycles. The number of hydrogen-bond acceptors (Lipinski definition) is 8. The number of nitriles is 1. The van der Waals surface area contributed by atoms with Gasteiger partial charge in [-0.25, -0.2) is 14.6 Å². The minimum absolute atomic E-state index is 0.132. The number of carboxylic acids is 1. The molecule has 1 N–H and O–H groups in total. The standard InChI is InChI=1S/C8H5N7O2S/c9-3-5-7(11-2-1-10-5)18-8-12-13-14-15(8)4-6(16)17/h1-2H,4H2,(H,16,17). The minimum Gasteiger partial charge on any atom is -0.480 e. The summed E-state index contributed by atoms with van der Waals surface area (Å²) in [5, 5.41) is 28.6. The summed E-state index contributed by atoms with van der Waals surface area (Å²) in [5.74, 6) is -1.07. The lowest BCUT2D eigenvalue weighted by atomic mass is 10.5. The molecule has 0 aliphatic heterocycles. The van der Waals surface area contributed by atoms with Crippen LogP contribution in [0.4, 0.5) is 0 Å². The highest BCUT2D eigenvalue weighted by Crippen LogP contribution is 2.24. The molecule has 0 radical (unpaired) electrons. The second kappa shape index (κ2) is 5.19. The molecule has 0 spiro atoms. The van der Waals surface area contributed by atoms with E-state index in [2.05, 4.69) is 25.5 Å². The Labute approximate surface area is 104 Å². The van der Waals surface area contributed by atoms with Crippen molar-refractivity contribution in [1.82, 2.24) is 30.2 Å². The Morgan fingerprint density at radius 2 is 2.28 bits per heavy atom. The highest BCUT2D eigenvalue weighted by molar-refractivity contribution is 7.99. The third-order valence-corrected chi connectivity index (χ3v) is 2.71. The number of carboxylic acid groups (broad SMARTS) is 1. The van der Waals surface area contributed by atoms with Crippen LogP contribution in [-0.4, -0.2) is 41.3 Å². The predicted molar refractivity (Wildman–Crippen MR) is 56.3 cm³/mol. The highest BCUT2D eigenvalue weighted by Gasteiger charge is 2.14. The first-order valence-corrected chi connectivity index (χ1v) is 5.39. The molecule has 10 heteroatoms. The highest BCUT2D eigenvalue weighted by atomic mass is 32.2. The van der Waals surface area contributed by atoms with Crippen molar-refractivity contribution < 1.29 is 9.90 Å². The van der Waals surface area contributed by atoms with Crippen molar-refractivity contribution in [3.8, 4) is 6.07 Å². The predicted octanol–water partition coefficient (Wildman–Crippen LogP) is -0.429. The van der Waals surface area contributed by atoms with Crippen LogP contribution in [0.3, 0.4) is 0 Å². The molecule has 0 aliphatic rings. The maximum atomic E-state index is 10.6. The van der Waals surface area contributed by atoms with Crippen molar-refractivity contribution >= 4 is 17.7 Å². The van der Waals surface area contributed by atoms with E-state index in [-0.39, 0.29) is 17.4 Å². The first kappa shape index (κ1) is 11.9. The lowest BCUT2D eigenvalue weighted by Crippen LogP contribution is -2.11. The summed E-state index contributed by atoms with van der Waals surface area (Å²) in [6.07, 6.45) is 2.82. The first-order chi connectivity index (χ1) is 8.70. The van der Waals surface area contributed by atoms with Gasteiger partial charge in [-0.05, 0) is 22.2 Å². The molecule has 0 unspecified atom stereocenters. The van der Waals surface area contributed by atoms with Gasteiger partial charge in [0.2, 0.25) is 5.16 Å². The zero-order valence-corrected chi connectivity index (χ0v) is 9.57. The largest absolute Gasteiger partial charge is 0.480 e. The molecule has 90 valence electrons. The van der Waals surface area contributed by atoms with Crippen LogP contribution < -0.4 is 0 Å². The number of aliphatic carboxylic acids is 1. The number of aromatic nitrogens is 6. The van der Waals surface area contributed by atoms with Crippen molar-refractivity contribution in [3.63, 3.8) is 0 Å². The third kappa shape index (κ3) is 2.58. The summed E-state index contributed by atoms with van der Waals surface area (Å²) < 4.78 is 1.10. The maximum absolute atomic E-state index is 10.6. The molecule has 0 fully saturated rings. The fraction of sp³-hybridized carbons (Fsp3) is 0.125. The molecule has 9 nitrogen and oxygen atoms in total. The van der Waals surface area contributed by atoms with E-state index in [1.165, 1.54) is 12.4 Å². The number of tetrazole rings is 1. The normalized spacial score (nSPS) is 9.94. The van der Waals surface area contributed by atoms with Gasteiger partial charge in [0.25, 0.3) is 0 Å². The molecule has 0 bridgehead atoms. The molecule has 2 aromatic heterocycles. The van der Waals surface area contributed by atoms with Crippen LogP contribution in [0.2, 0.25) is 0 Å². The monoisotopic (exact) mass is 263 g/mol. The molecular formula is C8H5N7O2S. The van der Waals surface area contributed by atoms with E-state index >= 15 is 0 Å². The second-order valence-corrected chi connectivity index (χ2v) is 3.89. The van der Waals surface area contributed by atoms with Crippen molar-refractivity contribution in [2.45, 2.75) is 16.7 Å². The van der Waals surface area contributed by atoms with Gasteiger partial charge in [-0.1, -0.05) is 0 Å². The van der Waals surface area contributed by atoms with E-state index < -0.39 is 5.97 Å². The quantitative estimate of drug-likeness (QED) is 0.780. The molecule has 0 saturated heterocycles. The molecular weight excluding hydrogens is 258 g/mol. The van der Waals surface area contributed by atoms with Gasteiger partial charge >= 0.3 is 5.97 Å². The van der Waals surface area contributed by atoms with Gasteiger partial charge in [-0.3, -0.25) is 4.79 Å². The van der Waals surface area contributed by atoms with E-state index in [0.29, 0.717) is 5.03 Å². The molecule has 0 saturated carbocycles. The molecule has 2 rings (SSSR count). The van der Waals surface area contributed by atoms with Crippen LogP contribution in [0.1, 0.15) is 5.69 Å². The zero-order valence-electron chi connectivity index (χ0n) is 8.76. The molecule has 0 aliphatic carbocycles. The van der Waals surface area contributed by atoms with Crippen LogP contribution in [-0.2, 0) is 11.3 Å². The average molecular weight is 263 g/mol. The number of nitrogens with zero attached hydrogens (tertiary/aromatic N) is 7. The SMILES string of the molecule is N#Cc1nccnc1Sc1nnnn1CC(=O)O. The third-order valence-electron chi connectivity index (χ3n) is 1.74. The molecule has 18 heavy (non-hydrogen) atoms. The summed E-state index contributed by atoms with van der Waals surface area (Å²) in [6, 6.07) is 1.88. The second-order valence-electron chi connectivity index (χ2n) is 2.94. The van der Waals surface area contributed by atoms with Crippen molar-refractivity contribution in [2.24, 2.45) is 0 Å². The Kier molecular flexibility index (Phi) is 3.44. The van der Waals surface area contributed by atoms with Crippen LogP contribution in [0.25, 0.3) is 0 Å². The first-order valence-electron chi connectivity index (χ1n) is 4.57. The lowest BCUT2D eigenvalue weighted by Gasteiger charge is -2.01. The van der Waals surface area contributed by atoms with E-state index in [1.807, 2.05) is 6.07 Å². The molecule has 0 atom stereocenters. The van der Waals surface area contributed by atoms with Gasteiger partial charge < -0.3 is 5.11 Å². The van der Waals surface area contributed by atoms with Crippen LogP contribution in [0.5, 0.6) is 0 Å².